The number of ether oxygens (including phenoxy) is 3. The number of unbranched alkanes of at least 4 members (excludes halogenated alkanes) is 1. The summed E-state index contributed by atoms with van der Waals surface area (Å²) in [6, 6.07) is 16.2. The zero-order valence-corrected chi connectivity index (χ0v) is 15.7. The molecule has 0 saturated heterocycles. The van der Waals surface area contributed by atoms with Gasteiger partial charge in [0, 0.05) is 11.5 Å². The molecule has 138 valence electrons. The van der Waals surface area contributed by atoms with Gasteiger partial charge in [0.05, 0.1) is 20.8 Å². The lowest BCUT2D eigenvalue weighted by molar-refractivity contribution is 0.304. The van der Waals surface area contributed by atoms with Gasteiger partial charge in [-0.25, -0.2) is 0 Å². The Morgan fingerprint density at radius 3 is 2.19 bits per heavy atom. The Morgan fingerprint density at radius 2 is 1.62 bits per heavy atom. The van der Waals surface area contributed by atoms with E-state index in [1.165, 1.54) is 24.8 Å². The zero-order valence-electron chi connectivity index (χ0n) is 15.7. The number of hydrogen-bond donors (Lipinski definition) is 0. The lowest BCUT2D eigenvalue weighted by Crippen LogP contribution is -2.31. The second-order valence-corrected chi connectivity index (χ2v) is 6.82. The molecule has 1 aliphatic rings. The van der Waals surface area contributed by atoms with Crippen molar-refractivity contribution in [1.82, 2.24) is 0 Å². The smallest absolute Gasteiger partial charge is 0.122 e. The predicted octanol–water partition coefficient (Wildman–Crippen LogP) is 5.54. The molecule has 0 heterocycles. The molecule has 2 aromatic carbocycles. The third kappa shape index (κ3) is 4.40. The second-order valence-electron chi connectivity index (χ2n) is 6.82. The van der Waals surface area contributed by atoms with Crippen LogP contribution in [0, 0.1) is 0 Å². The Kier molecular flexibility index (Phi) is 6.21. The van der Waals surface area contributed by atoms with Gasteiger partial charge in [0.2, 0.25) is 0 Å². The van der Waals surface area contributed by atoms with Gasteiger partial charge >= 0.3 is 0 Å². The molecular formula is C23H28O3. The largest absolute Gasteiger partial charge is 0.497 e. The molecule has 0 aliphatic heterocycles. The first kappa shape index (κ1) is 18.4. The summed E-state index contributed by atoms with van der Waals surface area (Å²) in [7, 11) is 3.41. The third-order valence-corrected chi connectivity index (χ3v) is 5.14. The summed E-state index contributed by atoms with van der Waals surface area (Å²) in [5.41, 5.74) is 1.42. The van der Waals surface area contributed by atoms with E-state index in [1.807, 2.05) is 36.4 Å². The van der Waals surface area contributed by atoms with Crippen LogP contribution in [0.15, 0.2) is 60.7 Å². The Balaban J connectivity index is 1.57. The molecule has 0 unspecified atom stereocenters. The highest BCUT2D eigenvalue weighted by Gasteiger charge is 2.36. The Hall–Kier alpha value is -2.42. The molecule has 0 N–H and O–H groups in total. The summed E-state index contributed by atoms with van der Waals surface area (Å²) in [6.45, 7) is 0.744. The van der Waals surface area contributed by atoms with Crippen molar-refractivity contribution in [3.63, 3.8) is 0 Å². The lowest BCUT2D eigenvalue weighted by Gasteiger charge is -2.40. The van der Waals surface area contributed by atoms with Crippen molar-refractivity contribution in [1.29, 1.82) is 0 Å². The molecule has 26 heavy (non-hydrogen) atoms. The number of benzene rings is 2. The quantitative estimate of drug-likeness (QED) is 0.438. The summed E-state index contributed by atoms with van der Waals surface area (Å²) >= 11 is 0. The van der Waals surface area contributed by atoms with E-state index in [0.29, 0.717) is 0 Å². The summed E-state index contributed by atoms with van der Waals surface area (Å²) in [6.07, 6.45) is 10.4. The average Bonchev–Trinajstić information content (AvgIpc) is 2.66. The van der Waals surface area contributed by atoms with Crippen LogP contribution < -0.4 is 14.2 Å². The van der Waals surface area contributed by atoms with Crippen molar-refractivity contribution in [2.45, 2.75) is 37.5 Å². The van der Waals surface area contributed by atoms with Gasteiger partial charge in [-0.2, -0.15) is 0 Å². The van der Waals surface area contributed by atoms with Crippen LogP contribution in [0.5, 0.6) is 17.2 Å². The monoisotopic (exact) mass is 352 g/mol. The fourth-order valence-corrected chi connectivity index (χ4v) is 3.42. The van der Waals surface area contributed by atoms with Crippen molar-refractivity contribution in [3.8, 4) is 17.2 Å². The van der Waals surface area contributed by atoms with Crippen LogP contribution in [0.25, 0.3) is 0 Å². The molecule has 0 spiro atoms. The highest BCUT2D eigenvalue weighted by atomic mass is 16.5. The van der Waals surface area contributed by atoms with Crippen LogP contribution in [0.4, 0.5) is 0 Å². The fraction of sp³-hybridized carbons (Fsp3) is 0.391. The van der Waals surface area contributed by atoms with Gasteiger partial charge in [-0.1, -0.05) is 36.8 Å². The molecule has 1 saturated carbocycles. The summed E-state index contributed by atoms with van der Waals surface area (Å²) in [4.78, 5) is 0. The first-order chi connectivity index (χ1) is 12.8. The Morgan fingerprint density at radius 1 is 0.923 bits per heavy atom. The molecule has 3 rings (SSSR count). The molecular weight excluding hydrogens is 324 g/mol. The third-order valence-electron chi connectivity index (χ3n) is 5.14. The standard InChI is InChI=1S/C23H28O3/c1-24-21-16-19(17-22(18-21)25-2)23(13-9-14-23)12-7-4-8-15-26-20-10-5-3-6-11-20/h3,5-7,10-12,16-18H,4,8-9,13-15H2,1-2H3/b12-7-. The first-order valence-electron chi connectivity index (χ1n) is 9.35. The van der Waals surface area contributed by atoms with E-state index in [4.69, 9.17) is 14.2 Å². The summed E-state index contributed by atoms with van der Waals surface area (Å²) in [5.74, 6) is 2.65. The highest BCUT2D eigenvalue weighted by Crippen LogP contribution is 2.47. The van der Waals surface area contributed by atoms with E-state index in [-0.39, 0.29) is 5.41 Å². The van der Waals surface area contributed by atoms with Crippen LogP contribution in [0.1, 0.15) is 37.7 Å². The minimum atomic E-state index is 0.127. The van der Waals surface area contributed by atoms with E-state index < -0.39 is 0 Å². The molecule has 0 radical (unpaired) electrons. The van der Waals surface area contributed by atoms with Crippen molar-refractivity contribution >= 4 is 0 Å². The molecule has 2 aromatic rings. The number of hydrogen-bond acceptors (Lipinski definition) is 3. The maximum atomic E-state index is 5.76. The van der Waals surface area contributed by atoms with Gasteiger partial charge < -0.3 is 14.2 Å². The molecule has 0 aromatic heterocycles. The fourth-order valence-electron chi connectivity index (χ4n) is 3.42. The Bertz CT molecular complexity index is 695. The maximum absolute atomic E-state index is 5.76. The van der Waals surface area contributed by atoms with Crippen LogP contribution in [0.2, 0.25) is 0 Å². The highest BCUT2D eigenvalue weighted by molar-refractivity contribution is 5.45. The van der Waals surface area contributed by atoms with Gasteiger partial charge in [0.25, 0.3) is 0 Å². The van der Waals surface area contributed by atoms with E-state index >= 15 is 0 Å². The zero-order chi connectivity index (χ0) is 18.2. The van der Waals surface area contributed by atoms with Crippen LogP contribution >= 0.6 is 0 Å². The molecule has 1 fully saturated rings. The van der Waals surface area contributed by atoms with E-state index in [9.17, 15) is 0 Å². The van der Waals surface area contributed by atoms with Gasteiger partial charge in [0.1, 0.15) is 17.2 Å². The topological polar surface area (TPSA) is 27.7 Å². The van der Waals surface area contributed by atoms with Gasteiger partial charge in [-0.05, 0) is 55.5 Å². The normalized spacial score (nSPS) is 15.5. The van der Waals surface area contributed by atoms with Gasteiger partial charge in [-0.15, -0.1) is 0 Å². The second kappa shape index (κ2) is 8.79. The van der Waals surface area contributed by atoms with Crippen LogP contribution in [-0.2, 0) is 5.41 Å². The summed E-state index contributed by atoms with van der Waals surface area (Å²) in [5, 5.41) is 0. The minimum Gasteiger partial charge on any atom is -0.497 e. The van der Waals surface area contributed by atoms with Crippen LogP contribution in [-0.4, -0.2) is 20.8 Å². The van der Waals surface area contributed by atoms with Gasteiger partial charge in [-0.3, -0.25) is 0 Å². The molecule has 0 amide bonds. The number of methoxy groups -OCH3 is 2. The van der Waals surface area contributed by atoms with Crippen molar-refractivity contribution in [2.75, 3.05) is 20.8 Å². The Labute approximate surface area is 156 Å². The average molecular weight is 352 g/mol. The van der Waals surface area contributed by atoms with E-state index in [2.05, 4.69) is 24.3 Å². The maximum Gasteiger partial charge on any atom is 0.122 e. The number of allylic oxidation sites excluding steroid dienone is 2. The molecule has 1 aliphatic carbocycles. The number of para-hydroxylation sites is 1. The molecule has 3 heteroatoms. The molecule has 0 atom stereocenters. The SMILES string of the molecule is COc1cc(OC)cc(C2(/C=C\CCCOc3ccccc3)CCC2)c1. The first-order valence-corrected chi connectivity index (χ1v) is 9.35. The number of rotatable bonds is 9. The van der Waals surface area contributed by atoms with Crippen molar-refractivity contribution in [3.05, 3.63) is 66.2 Å². The minimum absolute atomic E-state index is 0.127. The van der Waals surface area contributed by atoms with Crippen LogP contribution in [0.3, 0.4) is 0 Å². The van der Waals surface area contributed by atoms with E-state index in [0.717, 1.165) is 36.7 Å². The van der Waals surface area contributed by atoms with Crippen molar-refractivity contribution < 1.29 is 14.2 Å². The molecule has 3 nitrogen and oxygen atoms in total. The van der Waals surface area contributed by atoms with Crippen molar-refractivity contribution in [2.24, 2.45) is 0 Å². The van der Waals surface area contributed by atoms with Gasteiger partial charge in [0.15, 0.2) is 0 Å². The molecule has 0 bridgehead atoms. The lowest BCUT2D eigenvalue weighted by atomic mass is 9.64. The predicted molar refractivity (Wildman–Crippen MR) is 105 cm³/mol. The van der Waals surface area contributed by atoms with E-state index in [1.54, 1.807) is 14.2 Å². The summed E-state index contributed by atoms with van der Waals surface area (Å²) < 4.78 is 16.6.